The molecule has 1 aliphatic heterocycles. The summed E-state index contributed by atoms with van der Waals surface area (Å²) in [5.74, 6) is 0.603. The molecule has 2 rings (SSSR count). The lowest BCUT2D eigenvalue weighted by molar-refractivity contribution is -0.0136. The molecule has 0 aromatic rings. The van der Waals surface area contributed by atoms with Gasteiger partial charge in [-0.25, -0.2) is 0 Å². The summed E-state index contributed by atoms with van der Waals surface area (Å²) in [5.41, 5.74) is 5.80. The highest BCUT2D eigenvalue weighted by molar-refractivity contribution is 4.76. The van der Waals surface area contributed by atoms with Crippen LogP contribution in [0.2, 0.25) is 0 Å². The molecule has 3 atom stereocenters. The van der Waals surface area contributed by atoms with Crippen molar-refractivity contribution in [1.29, 1.82) is 0 Å². The van der Waals surface area contributed by atoms with Crippen LogP contribution in [0.15, 0.2) is 0 Å². The van der Waals surface area contributed by atoms with Gasteiger partial charge in [0.25, 0.3) is 0 Å². The molecule has 2 fully saturated rings. The zero-order valence-electron chi connectivity index (χ0n) is 10.9. The van der Waals surface area contributed by atoms with E-state index >= 15 is 0 Å². The fraction of sp³-hybridized carbons (Fsp3) is 1.00. The molecule has 3 heteroatoms. The molecule has 1 heterocycles. The molecule has 1 saturated heterocycles. The van der Waals surface area contributed by atoms with E-state index in [2.05, 4.69) is 0 Å². The van der Waals surface area contributed by atoms with Crippen LogP contribution in [-0.2, 0) is 9.47 Å². The van der Waals surface area contributed by atoms with Crippen LogP contribution in [0.25, 0.3) is 0 Å². The van der Waals surface area contributed by atoms with E-state index < -0.39 is 0 Å². The molecular weight excluding hydrogens is 214 g/mol. The minimum Gasteiger partial charge on any atom is -0.378 e. The zero-order chi connectivity index (χ0) is 11.9. The summed E-state index contributed by atoms with van der Waals surface area (Å²) in [6.07, 6.45) is 10.8. The van der Waals surface area contributed by atoms with E-state index in [4.69, 9.17) is 15.2 Å². The minimum atomic E-state index is 0.429. The predicted octanol–water partition coefficient (Wildman–Crippen LogP) is 2.48. The first-order chi connectivity index (χ1) is 8.40. The van der Waals surface area contributed by atoms with Crippen molar-refractivity contribution in [3.05, 3.63) is 0 Å². The monoisotopic (exact) mass is 241 g/mol. The smallest absolute Gasteiger partial charge is 0.0615 e. The Morgan fingerprint density at radius 3 is 2.76 bits per heavy atom. The minimum absolute atomic E-state index is 0.429. The van der Waals surface area contributed by atoms with Gasteiger partial charge in [0, 0.05) is 13.2 Å². The molecule has 0 aromatic carbocycles. The van der Waals surface area contributed by atoms with Crippen molar-refractivity contribution < 1.29 is 9.47 Å². The second-order valence-corrected chi connectivity index (χ2v) is 5.47. The molecule has 0 spiro atoms. The van der Waals surface area contributed by atoms with Crippen LogP contribution in [0.4, 0.5) is 0 Å². The Labute approximate surface area is 105 Å². The normalized spacial score (nSPS) is 34.1. The van der Waals surface area contributed by atoms with Crippen molar-refractivity contribution in [3.8, 4) is 0 Å². The first-order valence-electron chi connectivity index (χ1n) is 7.33. The van der Waals surface area contributed by atoms with Crippen molar-refractivity contribution in [1.82, 2.24) is 0 Å². The molecule has 0 bridgehead atoms. The van der Waals surface area contributed by atoms with Crippen LogP contribution in [0.1, 0.15) is 51.4 Å². The summed E-state index contributed by atoms with van der Waals surface area (Å²) in [6, 6.07) is 0. The Kier molecular flexibility index (Phi) is 5.75. The summed E-state index contributed by atoms with van der Waals surface area (Å²) in [7, 11) is 0. The zero-order valence-corrected chi connectivity index (χ0v) is 10.9. The van der Waals surface area contributed by atoms with Gasteiger partial charge < -0.3 is 15.2 Å². The van der Waals surface area contributed by atoms with Gasteiger partial charge in [0.1, 0.15) is 0 Å². The first kappa shape index (κ1) is 13.3. The SMILES string of the molecule is NCC1CCCCC1OCCCC1CCCO1. The first-order valence-corrected chi connectivity index (χ1v) is 7.33. The topological polar surface area (TPSA) is 44.5 Å². The highest BCUT2D eigenvalue weighted by Crippen LogP contribution is 2.26. The number of rotatable bonds is 6. The Balaban J connectivity index is 1.56. The molecule has 1 saturated carbocycles. The maximum atomic E-state index is 6.01. The van der Waals surface area contributed by atoms with Crippen molar-refractivity contribution in [3.63, 3.8) is 0 Å². The van der Waals surface area contributed by atoms with Crippen LogP contribution >= 0.6 is 0 Å². The number of nitrogens with two attached hydrogens (primary N) is 1. The number of hydrogen-bond donors (Lipinski definition) is 1. The molecule has 0 amide bonds. The number of hydrogen-bond acceptors (Lipinski definition) is 3. The fourth-order valence-electron chi connectivity index (χ4n) is 3.08. The van der Waals surface area contributed by atoms with Gasteiger partial charge in [-0.3, -0.25) is 0 Å². The lowest BCUT2D eigenvalue weighted by Crippen LogP contribution is -2.33. The third-order valence-corrected chi connectivity index (χ3v) is 4.17. The third-order valence-electron chi connectivity index (χ3n) is 4.17. The average molecular weight is 241 g/mol. The summed E-state index contributed by atoms with van der Waals surface area (Å²) in [4.78, 5) is 0. The summed E-state index contributed by atoms with van der Waals surface area (Å²) >= 11 is 0. The van der Waals surface area contributed by atoms with E-state index in [0.717, 1.165) is 26.2 Å². The highest BCUT2D eigenvalue weighted by Gasteiger charge is 2.24. The Bertz CT molecular complexity index is 204. The predicted molar refractivity (Wildman–Crippen MR) is 69.0 cm³/mol. The largest absolute Gasteiger partial charge is 0.378 e. The third kappa shape index (κ3) is 4.23. The van der Waals surface area contributed by atoms with Gasteiger partial charge in [0.2, 0.25) is 0 Å². The fourth-order valence-corrected chi connectivity index (χ4v) is 3.08. The molecule has 3 unspecified atom stereocenters. The molecule has 2 N–H and O–H groups in total. The molecule has 100 valence electrons. The molecular formula is C14H27NO2. The van der Waals surface area contributed by atoms with Gasteiger partial charge >= 0.3 is 0 Å². The quantitative estimate of drug-likeness (QED) is 0.727. The van der Waals surface area contributed by atoms with Gasteiger partial charge in [-0.2, -0.15) is 0 Å². The highest BCUT2D eigenvalue weighted by atomic mass is 16.5. The van der Waals surface area contributed by atoms with E-state index in [-0.39, 0.29) is 0 Å². The molecule has 2 aliphatic rings. The lowest BCUT2D eigenvalue weighted by atomic mass is 9.86. The average Bonchev–Trinajstić information content (AvgIpc) is 2.88. The van der Waals surface area contributed by atoms with Crippen LogP contribution in [-0.4, -0.2) is 32.0 Å². The molecule has 0 radical (unpaired) electrons. The van der Waals surface area contributed by atoms with Crippen LogP contribution in [0, 0.1) is 5.92 Å². The Hall–Kier alpha value is -0.120. The lowest BCUT2D eigenvalue weighted by Gasteiger charge is -2.30. The van der Waals surface area contributed by atoms with E-state index in [0.29, 0.717) is 18.1 Å². The van der Waals surface area contributed by atoms with Crippen LogP contribution in [0.3, 0.4) is 0 Å². The molecule has 17 heavy (non-hydrogen) atoms. The van der Waals surface area contributed by atoms with E-state index in [1.165, 1.54) is 44.9 Å². The van der Waals surface area contributed by atoms with E-state index in [1.807, 2.05) is 0 Å². The maximum absolute atomic E-state index is 6.01. The summed E-state index contributed by atoms with van der Waals surface area (Å²) < 4.78 is 11.6. The van der Waals surface area contributed by atoms with Gasteiger partial charge in [0.05, 0.1) is 12.2 Å². The van der Waals surface area contributed by atoms with Gasteiger partial charge in [0.15, 0.2) is 0 Å². The van der Waals surface area contributed by atoms with Gasteiger partial charge in [-0.15, -0.1) is 0 Å². The second kappa shape index (κ2) is 7.34. The van der Waals surface area contributed by atoms with E-state index in [9.17, 15) is 0 Å². The summed E-state index contributed by atoms with van der Waals surface area (Å²) in [5, 5.41) is 0. The van der Waals surface area contributed by atoms with Crippen molar-refractivity contribution in [2.24, 2.45) is 11.7 Å². The summed E-state index contributed by atoms with van der Waals surface area (Å²) in [6.45, 7) is 2.64. The Morgan fingerprint density at radius 2 is 2.00 bits per heavy atom. The van der Waals surface area contributed by atoms with Crippen molar-refractivity contribution in [2.75, 3.05) is 19.8 Å². The van der Waals surface area contributed by atoms with Gasteiger partial charge in [-0.1, -0.05) is 12.8 Å². The van der Waals surface area contributed by atoms with Crippen LogP contribution in [0.5, 0.6) is 0 Å². The van der Waals surface area contributed by atoms with Gasteiger partial charge in [-0.05, 0) is 51.0 Å². The second-order valence-electron chi connectivity index (χ2n) is 5.47. The Morgan fingerprint density at radius 1 is 1.12 bits per heavy atom. The van der Waals surface area contributed by atoms with Crippen molar-refractivity contribution >= 4 is 0 Å². The molecule has 0 aromatic heterocycles. The standard InChI is InChI=1S/C14H27NO2/c15-11-12-5-1-2-8-14(12)17-10-4-7-13-6-3-9-16-13/h12-14H,1-11,15H2. The number of ether oxygens (including phenoxy) is 2. The van der Waals surface area contributed by atoms with E-state index in [1.54, 1.807) is 0 Å². The maximum Gasteiger partial charge on any atom is 0.0615 e. The molecule has 1 aliphatic carbocycles. The van der Waals surface area contributed by atoms with Crippen molar-refractivity contribution in [2.45, 2.75) is 63.6 Å². The van der Waals surface area contributed by atoms with Crippen LogP contribution < -0.4 is 5.73 Å². The molecule has 3 nitrogen and oxygen atoms in total.